The summed E-state index contributed by atoms with van der Waals surface area (Å²) in [4.78, 5) is 25.4. The van der Waals surface area contributed by atoms with Crippen molar-refractivity contribution >= 4 is 17.5 Å². The molecule has 1 aliphatic heterocycles. The first-order valence-corrected chi connectivity index (χ1v) is 7.16. The van der Waals surface area contributed by atoms with Gasteiger partial charge in [0.05, 0.1) is 11.3 Å². The van der Waals surface area contributed by atoms with Gasteiger partial charge in [-0.05, 0) is 25.0 Å². The van der Waals surface area contributed by atoms with Crippen LogP contribution in [0.1, 0.15) is 31.2 Å². The largest absolute Gasteiger partial charge is 0.418 e. The molecule has 0 saturated carbocycles. The number of rotatable bonds is 1. The Labute approximate surface area is 126 Å². The summed E-state index contributed by atoms with van der Waals surface area (Å²) < 4.78 is 38.6. The fraction of sp³-hybridized carbons (Fsp3) is 0.467. The van der Waals surface area contributed by atoms with Gasteiger partial charge in [-0.1, -0.05) is 25.0 Å². The fourth-order valence-electron chi connectivity index (χ4n) is 2.43. The van der Waals surface area contributed by atoms with E-state index in [1.54, 1.807) is 0 Å². The maximum Gasteiger partial charge on any atom is 0.418 e. The predicted molar refractivity (Wildman–Crippen MR) is 75.1 cm³/mol. The van der Waals surface area contributed by atoms with Crippen LogP contribution in [0.15, 0.2) is 24.3 Å². The topological polar surface area (TPSA) is 49.4 Å². The molecule has 0 spiro atoms. The minimum Gasteiger partial charge on any atom is -0.334 e. The molecule has 0 aliphatic carbocycles. The van der Waals surface area contributed by atoms with Gasteiger partial charge in [-0.25, -0.2) is 0 Å². The second kappa shape index (κ2) is 6.81. The van der Waals surface area contributed by atoms with Gasteiger partial charge in [0.1, 0.15) is 0 Å². The highest BCUT2D eigenvalue weighted by Crippen LogP contribution is 2.34. The summed E-state index contributed by atoms with van der Waals surface area (Å²) >= 11 is 0. The van der Waals surface area contributed by atoms with Gasteiger partial charge in [0.15, 0.2) is 0 Å². The summed E-state index contributed by atoms with van der Waals surface area (Å²) in [6, 6.07) is 4.61. The van der Waals surface area contributed by atoms with Crippen molar-refractivity contribution in [2.45, 2.75) is 31.9 Å². The molecule has 2 amide bonds. The van der Waals surface area contributed by atoms with Gasteiger partial charge in [0.2, 0.25) is 0 Å². The highest BCUT2D eigenvalue weighted by atomic mass is 19.4. The second-order valence-electron chi connectivity index (χ2n) is 5.20. The molecule has 0 aromatic heterocycles. The van der Waals surface area contributed by atoms with E-state index in [4.69, 9.17) is 0 Å². The normalized spacial score (nSPS) is 16.0. The molecular weight excluding hydrogens is 297 g/mol. The summed E-state index contributed by atoms with van der Waals surface area (Å²) in [5, 5.41) is 2.08. The lowest BCUT2D eigenvalue weighted by atomic mass is 10.1. The molecule has 0 bridgehead atoms. The van der Waals surface area contributed by atoms with Crippen LogP contribution in [0, 0.1) is 0 Å². The summed E-state index contributed by atoms with van der Waals surface area (Å²) in [6.07, 6.45) is -1.00. The number of hydrogen-bond acceptors (Lipinski definition) is 2. The zero-order valence-electron chi connectivity index (χ0n) is 11.9. The standard InChI is InChI=1S/C15H17F3N2O2/c16-15(17,18)11-7-3-4-8-12(11)19-13(21)14(22)20-9-5-1-2-6-10-20/h3-4,7-8H,1-2,5-6,9-10H2,(H,19,21). The van der Waals surface area contributed by atoms with Crippen LogP contribution in [0.25, 0.3) is 0 Å². The number of para-hydroxylation sites is 1. The molecule has 22 heavy (non-hydrogen) atoms. The number of alkyl halides is 3. The Morgan fingerprint density at radius 3 is 2.18 bits per heavy atom. The van der Waals surface area contributed by atoms with Crippen molar-refractivity contribution in [3.63, 3.8) is 0 Å². The van der Waals surface area contributed by atoms with Crippen LogP contribution in [0.2, 0.25) is 0 Å². The third-order valence-electron chi connectivity index (χ3n) is 3.57. The van der Waals surface area contributed by atoms with Gasteiger partial charge in [0, 0.05) is 13.1 Å². The highest BCUT2D eigenvalue weighted by Gasteiger charge is 2.34. The van der Waals surface area contributed by atoms with E-state index in [1.807, 2.05) is 0 Å². The number of amides is 2. The molecule has 0 atom stereocenters. The van der Waals surface area contributed by atoms with Crippen molar-refractivity contribution in [1.29, 1.82) is 0 Å². The van der Waals surface area contributed by atoms with Crippen LogP contribution < -0.4 is 5.32 Å². The minimum absolute atomic E-state index is 0.400. The van der Waals surface area contributed by atoms with E-state index in [1.165, 1.54) is 17.0 Å². The Hall–Kier alpha value is -2.05. The maximum atomic E-state index is 12.9. The highest BCUT2D eigenvalue weighted by molar-refractivity contribution is 6.39. The lowest BCUT2D eigenvalue weighted by Crippen LogP contribution is -2.40. The van der Waals surface area contributed by atoms with E-state index in [-0.39, 0.29) is 0 Å². The molecule has 2 rings (SSSR count). The number of hydrogen-bond donors (Lipinski definition) is 1. The number of nitrogens with zero attached hydrogens (tertiary/aromatic N) is 1. The molecule has 1 fully saturated rings. The molecular formula is C15H17F3N2O2. The van der Waals surface area contributed by atoms with Crippen LogP contribution in [0.5, 0.6) is 0 Å². The van der Waals surface area contributed by atoms with Gasteiger partial charge in [-0.15, -0.1) is 0 Å². The van der Waals surface area contributed by atoms with Crippen molar-refractivity contribution in [3.8, 4) is 0 Å². The third kappa shape index (κ3) is 3.99. The smallest absolute Gasteiger partial charge is 0.334 e. The Bertz CT molecular complexity index is 550. The van der Waals surface area contributed by atoms with Crippen LogP contribution in [0.3, 0.4) is 0 Å². The van der Waals surface area contributed by atoms with Crippen molar-refractivity contribution in [2.24, 2.45) is 0 Å². The average molecular weight is 314 g/mol. The van der Waals surface area contributed by atoms with E-state index in [9.17, 15) is 22.8 Å². The molecule has 4 nitrogen and oxygen atoms in total. The number of likely N-dealkylation sites (tertiary alicyclic amines) is 1. The Morgan fingerprint density at radius 2 is 1.59 bits per heavy atom. The zero-order valence-corrected chi connectivity index (χ0v) is 11.9. The van der Waals surface area contributed by atoms with Gasteiger partial charge < -0.3 is 10.2 Å². The van der Waals surface area contributed by atoms with E-state index < -0.39 is 29.2 Å². The summed E-state index contributed by atoms with van der Waals surface area (Å²) in [5.74, 6) is -1.81. The summed E-state index contributed by atoms with van der Waals surface area (Å²) in [6.45, 7) is 0.931. The Kier molecular flexibility index (Phi) is 5.05. The summed E-state index contributed by atoms with van der Waals surface area (Å²) in [5.41, 5.74) is -1.37. The SMILES string of the molecule is O=C(Nc1ccccc1C(F)(F)F)C(=O)N1CCCCCC1. The minimum atomic E-state index is -4.59. The molecule has 1 aromatic rings. The van der Waals surface area contributed by atoms with Gasteiger partial charge >= 0.3 is 18.0 Å². The molecule has 0 unspecified atom stereocenters. The van der Waals surface area contributed by atoms with Crippen molar-refractivity contribution in [1.82, 2.24) is 4.90 Å². The summed E-state index contributed by atoms with van der Waals surface area (Å²) in [7, 11) is 0. The quantitative estimate of drug-likeness (QED) is 0.810. The lowest BCUT2D eigenvalue weighted by Gasteiger charge is -2.20. The fourth-order valence-corrected chi connectivity index (χ4v) is 2.43. The van der Waals surface area contributed by atoms with Crippen molar-refractivity contribution < 1.29 is 22.8 Å². The maximum absolute atomic E-state index is 12.9. The zero-order chi connectivity index (χ0) is 16.2. The molecule has 1 aromatic carbocycles. The van der Waals surface area contributed by atoms with E-state index in [0.29, 0.717) is 13.1 Å². The van der Waals surface area contributed by atoms with E-state index in [2.05, 4.69) is 5.32 Å². The van der Waals surface area contributed by atoms with E-state index >= 15 is 0 Å². The first kappa shape index (κ1) is 16.3. The van der Waals surface area contributed by atoms with Crippen molar-refractivity contribution in [3.05, 3.63) is 29.8 Å². The average Bonchev–Trinajstić information content (AvgIpc) is 2.75. The first-order valence-electron chi connectivity index (χ1n) is 7.16. The first-order chi connectivity index (χ1) is 10.4. The molecule has 7 heteroatoms. The monoisotopic (exact) mass is 314 g/mol. The van der Waals surface area contributed by atoms with Crippen LogP contribution >= 0.6 is 0 Å². The molecule has 120 valence electrons. The number of benzene rings is 1. The predicted octanol–water partition coefficient (Wildman–Crippen LogP) is 3.05. The number of carbonyl (C=O) groups excluding carboxylic acids is 2. The van der Waals surface area contributed by atoms with Crippen LogP contribution in [-0.4, -0.2) is 29.8 Å². The molecule has 1 aliphatic rings. The number of nitrogens with one attached hydrogen (secondary N) is 1. The molecule has 0 radical (unpaired) electrons. The van der Waals surface area contributed by atoms with Gasteiger partial charge in [0.25, 0.3) is 0 Å². The van der Waals surface area contributed by atoms with Gasteiger partial charge in [-0.3, -0.25) is 9.59 Å². The van der Waals surface area contributed by atoms with E-state index in [0.717, 1.165) is 37.8 Å². The Balaban J connectivity index is 2.10. The molecule has 1 saturated heterocycles. The molecule has 1 N–H and O–H groups in total. The van der Waals surface area contributed by atoms with Crippen LogP contribution in [0.4, 0.5) is 18.9 Å². The number of halogens is 3. The van der Waals surface area contributed by atoms with Crippen molar-refractivity contribution in [2.75, 3.05) is 18.4 Å². The molecule has 1 heterocycles. The number of carbonyl (C=O) groups is 2. The number of anilines is 1. The van der Waals surface area contributed by atoms with Crippen LogP contribution in [-0.2, 0) is 15.8 Å². The Morgan fingerprint density at radius 1 is 1.00 bits per heavy atom. The second-order valence-corrected chi connectivity index (χ2v) is 5.20. The third-order valence-corrected chi connectivity index (χ3v) is 3.57. The lowest BCUT2D eigenvalue weighted by molar-refractivity contribution is -0.143. The van der Waals surface area contributed by atoms with Gasteiger partial charge in [-0.2, -0.15) is 13.2 Å².